The van der Waals surface area contributed by atoms with Crippen LogP contribution in [0.2, 0.25) is 0 Å². The highest BCUT2D eigenvalue weighted by molar-refractivity contribution is 7.89. The molecule has 1 unspecified atom stereocenters. The Morgan fingerprint density at radius 3 is 2.23 bits per heavy atom. The molecular formula is C23H31N3O4S. The summed E-state index contributed by atoms with van der Waals surface area (Å²) in [6.07, 6.45) is 0.494. The van der Waals surface area contributed by atoms with E-state index in [-0.39, 0.29) is 29.7 Å². The number of nitrogens with zero attached hydrogens (tertiary/aromatic N) is 2. The summed E-state index contributed by atoms with van der Waals surface area (Å²) in [6.45, 7) is 4.19. The molecular weight excluding hydrogens is 414 g/mol. The molecule has 0 aliphatic heterocycles. The highest BCUT2D eigenvalue weighted by atomic mass is 32.2. The van der Waals surface area contributed by atoms with Crippen molar-refractivity contribution in [3.63, 3.8) is 0 Å². The van der Waals surface area contributed by atoms with Gasteiger partial charge >= 0.3 is 0 Å². The summed E-state index contributed by atoms with van der Waals surface area (Å²) in [6, 6.07) is 15.4. The minimum Gasteiger partial charge on any atom is -0.357 e. The number of nitrogens with one attached hydrogen (secondary N) is 1. The largest absolute Gasteiger partial charge is 0.357 e. The minimum atomic E-state index is -3.60. The molecule has 2 aromatic rings. The van der Waals surface area contributed by atoms with Crippen LogP contribution in [0.1, 0.15) is 30.9 Å². The van der Waals surface area contributed by atoms with Gasteiger partial charge in [-0.15, -0.1) is 0 Å². The molecule has 0 saturated heterocycles. The van der Waals surface area contributed by atoms with E-state index < -0.39 is 16.1 Å². The number of carbonyl (C=O) groups excluding carboxylic acids is 2. The number of hydrogen-bond donors (Lipinski definition) is 1. The molecule has 0 radical (unpaired) electrons. The lowest BCUT2D eigenvalue weighted by Gasteiger charge is -2.28. The van der Waals surface area contributed by atoms with Crippen LogP contribution in [0.4, 0.5) is 0 Å². The smallest absolute Gasteiger partial charge is 0.242 e. The first-order valence-corrected chi connectivity index (χ1v) is 11.7. The average molecular weight is 446 g/mol. The van der Waals surface area contributed by atoms with Crippen molar-refractivity contribution >= 4 is 21.8 Å². The van der Waals surface area contributed by atoms with Crippen LogP contribution in [0.3, 0.4) is 0 Å². The van der Waals surface area contributed by atoms with Gasteiger partial charge in [0.15, 0.2) is 0 Å². The Bertz CT molecular complexity index is 976. The maximum absolute atomic E-state index is 13.0. The molecule has 2 rings (SSSR count). The van der Waals surface area contributed by atoms with Crippen LogP contribution in [0.15, 0.2) is 59.5 Å². The summed E-state index contributed by atoms with van der Waals surface area (Å²) in [7, 11) is -0.557. The monoisotopic (exact) mass is 445 g/mol. The highest BCUT2D eigenvalue weighted by Gasteiger charge is 2.26. The maximum Gasteiger partial charge on any atom is 0.242 e. The molecule has 7 nitrogen and oxygen atoms in total. The lowest BCUT2D eigenvalue weighted by atomic mass is 10.1. The van der Waals surface area contributed by atoms with Crippen molar-refractivity contribution in [1.29, 1.82) is 0 Å². The molecule has 0 aliphatic rings. The van der Waals surface area contributed by atoms with Crippen LogP contribution < -0.4 is 5.32 Å². The zero-order chi connectivity index (χ0) is 23.0. The van der Waals surface area contributed by atoms with Crippen molar-refractivity contribution in [3.05, 3.63) is 65.7 Å². The number of likely N-dealkylation sites (N-methyl/N-ethyl adjacent to an activating group) is 1. The van der Waals surface area contributed by atoms with E-state index in [4.69, 9.17) is 0 Å². The zero-order valence-electron chi connectivity index (χ0n) is 18.5. The quantitative estimate of drug-likeness (QED) is 0.609. The van der Waals surface area contributed by atoms with E-state index >= 15 is 0 Å². The van der Waals surface area contributed by atoms with Crippen LogP contribution in [-0.4, -0.2) is 56.1 Å². The summed E-state index contributed by atoms with van der Waals surface area (Å²) in [5.74, 6) is -0.439. The molecule has 1 N–H and O–H groups in total. The number of carbonyl (C=O) groups is 2. The Hall–Kier alpha value is -2.71. The van der Waals surface area contributed by atoms with Gasteiger partial charge in [-0.1, -0.05) is 48.0 Å². The van der Waals surface area contributed by atoms with Crippen LogP contribution in [0.5, 0.6) is 0 Å². The fourth-order valence-electron chi connectivity index (χ4n) is 3.17. The number of amides is 2. The molecule has 1 atom stereocenters. The first-order chi connectivity index (χ1) is 14.7. The fourth-order valence-corrected chi connectivity index (χ4v) is 4.40. The van der Waals surface area contributed by atoms with E-state index in [1.165, 1.54) is 23.3 Å². The van der Waals surface area contributed by atoms with Gasteiger partial charge in [-0.2, -0.15) is 0 Å². The SMILES string of the molecule is CNC(=O)C(C)N(Cc1ccc(C)cc1)C(=O)CCCN(C)S(=O)(=O)c1ccccc1. The van der Waals surface area contributed by atoms with E-state index in [9.17, 15) is 18.0 Å². The fraction of sp³-hybridized carbons (Fsp3) is 0.391. The Morgan fingerprint density at radius 2 is 1.65 bits per heavy atom. The molecule has 0 saturated carbocycles. The van der Waals surface area contributed by atoms with Gasteiger partial charge in [0.25, 0.3) is 0 Å². The maximum atomic E-state index is 13.0. The lowest BCUT2D eigenvalue weighted by Crippen LogP contribution is -2.46. The number of rotatable bonds is 10. The van der Waals surface area contributed by atoms with Crippen molar-refractivity contribution < 1.29 is 18.0 Å². The molecule has 31 heavy (non-hydrogen) atoms. The van der Waals surface area contributed by atoms with Gasteiger partial charge < -0.3 is 10.2 Å². The third-order valence-electron chi connectivity index (χ3n) is 5.20. The first kappa shape index (κ1) is 24.6. The van der Waals surface area contributed by atoms with Gasteiger partial charge in [0.05, 0.1) is 4.90 Å². The summed E-state index contributed by atoms with van der Waals surface area (Å²) in [4.78, 5) is 26.9. The standard InChI is InChI=1S/C23H31N3O4S/c1-18-12-14-20(15-13-18)17-26(19(2)23(28)24-3)22(27)11-8-16-25(4)31(29,30)21-9-6-5-7-10-21/h5-7,9-10,12-15,19H,8,11,16-17H2,1-4H3,(H,24,28). The molecule has 8 heteroatoms. The highest BCUT2D eigenvalue weighted by Crippen LogP contribution is 2.16. The number of sulfonamides is 1. The van der Waals surface area contributed by atoms with Crippen molar-refractivity contribution in [2.75, 3.05) is 20.6 Å². The zero-order valence-corrected chi connectivity index (χ0v) is 19.4. The molecule has 0 spiro atoms. The molecule has 0 aromatic heterocycles. The van der Waals surface area contributed by atoms with Gasteiger partial charge in [-0.25, -0.2) is 12.7 Å². The second kappa shape index (κ2) is 11.1. The molecule has 0 heterocycles. The van der Waals surface area contributed by atoms with Crippen LogP contribution in [-0.2, 0) is 26.2 Å². The van der Waals surface area contributed by atoms with Crippen molar-refractivity contribution in [3.8, 4) is 0 Å². The molecule has 0 bridgehead atoms. The Kier molecular flexibility index (Phi) is 8.76. The normalized spacial score (nSPS) is 12.4. The Labute approximate surface area is 185 Å². The predicted octanol–water partition coefficient (Wildman–Crippen LogP) is 2.56. The lowest BCUT2D eigenvalue weighted by molar-refractivity contribution is -0.140. The molecule has 2 aromatic carbocycles. The topological polar surface area (TPSA) is 86.8 Å². The second-order valence-electron chi connectivity index (χ2n) is 7.54. The summed E-state index contributed by atoms with van der Waals surface area (Å²) >= 11 is 0. The van der Waals surface area contributed by atoms with E-state index in [1.54, 1.807) is 37.3 Å². The summed E-state index contributed by atoms with van der Waals surface area (Å²) < 4.78 is 26.5. The van der Waals surface area contributed by atoms with Crippen molar-refractivity contribution in [2.45, 2.75) is 44.2 Å². The van der Waals surface area contributed by atoms with Crippen molar-refractivity contribution in [1.82, 2.24) is 14.5 Å². The predicted molar refractivity (Wildman–Crippen MR) is 121 cm³/mol. The number of benzene rings is 2. The van der Waals surface area contributed by atoms with E-state index in [0.29, 0.717) is 13.0 Å². The Balaban J connectivity index is 2.03. The van der Waals surface area contributed by atoms with Gasteiger partial charge in [0.1, 0.15) is 6.04 Å². The van der Waals surface area contributed by atoms with Gasteiger partial charge in [-0.05, 0) is 38.0 Å². The van der Waals surface area contributed by atoms with Crippen LogP contribution in [0, 0.1) is 6.92 Å². The summed E-state index contributed by atoms with van der Waals surface area (Å²) in [5, 5.41) is 2.59. The molecule has 168 valence electrons. The molecule has 0 aliphatic carbocycles. The van der Waals surface area contributed by atoms with E-state index in [1.807, 2.05) is 31.2 Å². The second-order valence-corrected chi connectivity index (χ2v) is 9.59. The number of aryl methyl sites for hydroxylation is 1. The van der Waals surface area contributed by atoms with Crippen molar-refractivity contribution in [2.24, 2.45) is 0 Å². The average Bonchev–Trinajstić information content (AvgIpc) is 2.77. The summed E-state index contributed by atoms with van der Waals surface area (Å²) in [5.41, 5.74) is 2.04. The first-order valence-electron chi connectivity index (χ1n) is 10.2. The van der Waals surface area contributed by atoms with Gasteiger partial charge in [0, 0.05) is 33.6 Å². The minimum absolute atomic E-state index is 0.141. The number of hydrogen-bond acceptors (Lipinski definition) is 4. The third kappa shape index (κ3) is 6.63. The van der Waals surface area contributed by atoms with Crippen LogP contribution in [0.25, 0.3) is 0 Å². The third-order valence-corrected chi connectivity index (χ3v) is 7.07. The van der Waals surface area contributed by atoms with E-state index in [2.05, 4.69) is 5.32 Å². The van der Waals surface area contributed by atoms with Gasteiger partial charge in [-0.3, -0.25) is 9.59 Å². The molecule has 2 amide bonds. The van der Waals surface area contributed by atoms with Gasteiger partial charge in [0.2, 0.25) is 21.8 Å². The Morgan fingerprint density at radius 1 is 1.03 bits per heavy atom. The van der Waals surface area contributed by atoms with E-state index in [0.717, 1.165) is 11.1 Å². The molecule has 0 fully saturated rings. The van der Waals surface area contributed by atoms with Crippen LogP contribution >= 0.6 is 0 Å².